The fourth-order valence-corrected chi connectivity index (χ4v) is 5.58. The zero-order valence-corrected chi connectivity index (χ0v) is 30.7. The summed E-state index contributed by atoms with van der Waals surface area (Å²) in [5.41, 5.74) is -0.175. The lowest BCUT2D eigenvalue weighted by Crippen LogP contribution is -2.35. The molecule has 0 aliphatic heterocycles. The number of carbonyl (C=O) groups is 4. The molecule has 4 aromatic rings. The van der Waals surface area contributed by atoms with Gasteiger partial charge < -0.3 is 34.3 Å². The molecule has 2 amide bonds. The number of hydrogen-bond acceptors (Lipinski definition) is 8. The largest absolute Gasteiger partial charge is 0.497 e. The molecule has 55 heavy (non-hydrogen) atoms. The van der Waals surface area contributed by atoms with Gasteiger partial charge in [-0.2, -0.15) is 13.2 Å². The lowest BCUT2D eigenvalue weighted by molar-refractivity contribution is -0.139. The molecule has 0 spiro atoms. The minimum absolute atomic E-state index is 0.00220. The number of rotatable bonds is 19. The third-order valence-corrected chi connectivity index (χ3v) is 8.41. The summed E-state index contributed by atoms with van der Waals surface area (Å²) >= 11 is 0. The van der Waals surface area contributed by atoms with Crippen molar-refractivity contribution in [3.8, 4) is 23.0 Å². The maximum absolute atomic E-state index is 13.6. The Labute approximate surface area is 317 Å². The first-order valence-corrected chi connectivity index (χ1v) is 17.6. The van der Waals surface area contributed by atoms with Crippen molar-refractivity contribution in [2.45, 2.75) is 58.2 Å². The molecular formula is C41H43F3N2O9. The van der Waals surface area contributed by atoms with E-state index in [1.165, 1.54) is 82.0 Å². The number of ether oxygens (including phenoxy) is 4. The van der Waals surface area contributed by atoms with Gasteiger partial charge in [0.1, 0.15) is 18.0 Å². The minimum Gasteiger partial charge on any atom is -0.497 e. The molecule has 0 aliphatic rings. The van der Waals surface area contributed by atoms with E-state index in [0.29, 0.717) is 17.9 Å². The van der Waals surface area contributed by atoms with Crippen LogP contribution in [0, 0.1) is 0 Å². The Morgan fingerprint density at radius 3 is 2.07 bits per heavy atom. The van der Waals surface area contributed by atoms with E-state index in [2.05, 4.69) is 12.2 Å². The van der Waals surface area contributed by atoms with Crippen LogP contribution in [0.3, 0.4) is 0 Å². The first-order chi connectivity index (χ1) is 26.3. The molecule has 0 fully saturated rings. The number of alkyl halides is 3. The van der Waals surface area contributed by atoms with Gasteiger partial charge in [0.25, 0.3) is 5.91 Å². The smallest absolute Gasteiger partial charge is 0.416 e. The number of hydrogen-bond donors (Lipinski definition) is 2. The Morgan fingerprint density at radius 1 is 0.764 bits per heavy atom. The fourth-order valence-electron chi connectivity index (χ4n) is 5.58. The molecule has 4 rings (SSSR count). The van der Waals surface area contributed by atoms with Crippen LogP contribution in [-0.4, -0.2) is 61.1 Å². The van der Waals surface area contributed by atoms with Gasteiger partial charge in [0.05, 0.1) is 38.4 Å². The van der Waals surface area contributed by atoms with Crippen molar-refractivity contribution in [3.63, 3.8) is 0 Å². The van der Waals surface area contributed by atoms with Gasteiger partial charge in [-0.3, -0.25) is 14.4 Å². The topological polar surface area (TPSA) is 141 Å². The Balaban J connectivity index is 1.38. The number of esters is 1. The summed E-state index contributed by atoms with van der Waals surface area (Å²) in [6.07, 6.45) is 0.312. The normalized spacial score (nSPS) is 11.0. The van der Waals surface area contributed by atoms with Crippen LogP contribution in [0.25, 0.3) is 0 Å². The van der Waals surface area contributed by atoms with Crippen LogP contribution in [0.1, 0.15) is 76.4 Å². The number of carboxylic acids is 1. The number of carboxylic acid groups (broad SMARTS) is 1. The molecule has 0 aliphatic carbocycles. The molecule has 0 heterocycles. The predicted octanol–water partition coefficient (Wildman–Crippen LogP) is 8.20. The summed E-state index contributed by atoms with van der Waals surface area (Å²) in [6, 6.07) is 19.9. The predicted molar refractivity (Wildman–Crippen MR) is 198 cm³/mol. The van der Waals surface area contributed by atoms with Crippen LogP contribution in [0.2, 0.25) is 0 Å². The highest BCUT2D eigenvalue weighted by Crippen LogP contribution is 2.35. The highest BCUT2D eigenvalue weighted by molar-refractivity contribution is 5.97. The molecule has 0 saturated carbocycles. The summed E-state index contributed by atoms with van der Waals surface area (Å²) in [5, 5.41) is 12.1. The second-order valence-electron chi connectivity index (χ2n) is 12.5. The molecule has 0 unspecified atom stereocenters. The third-order valence-electron chi connectivity index (χ3n) is 8.41. The highest BCUT2D eigenvalue weighted by atomic mass is 19.4. The molecule has 0 bridgehead atoms. The lowest BCUT2D eigenvalue weighted by atomic mass is 10.0. The Hall–Kier alpha value is -6.05. The molecule has 0 radical (unpaired) electrons. The van der Waals surface area contributed by atoms with Crippen molar-refractivity contribution in [1.82, 2.24) is 4.90 Å². The number of anilines is 1. The molecule has 14 heteroatoms. The summed E-state index contributed by atoms with van der Waals surface area (Å²) in [7, 11) is 2.61. The fraction of sp³-hybridized carbons (Fsp3) is 0.317. The zero-order valence-electron chi connectivity index (χ0n) is 30.7. The SMILES string of the molecule is CCCCCCCOc1ccc(C(=O)Oc2ccc(CN(CC(=O)O)C(=O)c3ccc(NC(=O)Cc4ccc(OC)cc4C(F)(F)F)cc3)cc2OC)cc1. The van der Waals surface area contributed by atoms with Crippen LogP contribution in [0.4, 0.5) is 18.9 Å². The van der Waals surface area contributed by atoms with Gasteiger partial charge in [0.15, 0.2) is 11.5 Å². The standard InChI is InChI=1S/C41H43F3N2O9/c1-4-5-6-7-8-21-54-32-17-12-29(13-18-32)40(51)55-35-20-9-27(22-36(35)53-3)25-46(26-38(48)49)39(50)28-10-15-31(16-11-28)45-37(47)23-30-14-19-33(52-2)24-34(30)41(42,43)44/h9-20,22,24H,4-8,21,23,25-26H2,1-3H3,(H,45,47)(H,48,49). The molecule has 2 N–H and O–H groups in total. The summed E-state index contributed by atoms with van der Waals surface area (Å²) in [4.78, 5) is 51.8. The summed E-state index contributed by atoms with van der Waals surface area (Å²) in [6.45, 7) is 1.94. The van der Waals surface area contributed by atoms with Crippen LogP contribution in [-0.2, 0) is 28.7 Å². The average molecular weight is 765 g/mol. The Bertz CT molecular complexity index is 1930. The van der Waals surface area contributed by atoms with Crippen molar-refractivity contribution in [2.24, 2.45) is 0 Å². The molecule has 0 aromatic heterocycles. The number of methoxy groups -OCH3 is 2. The average Bonchev–Trinajstić information content (AvgIpc) is 3.16. The van der Waals surface area contributed by atoms with Gasteiger partial charge in [-0.05, 0) is 90.3 Å². The van der Waals surface area contributed by atoms with Crippen molar-refractivity contribution < 1.29 is 56.4 Å². The third kappa shape index (κ3) is 12.5. The van der Waals surface area contributed by atoms with Gasteiger partial charge in [-0.15, -0.1) is 0 Å². The summed E-state index contributed by atoms with van der Waals surface area (Å²) in [5.74, 6) is -2.35. The van der Waals surface area contributed by atoms with Crippen molar-refractivity contribution in [3.05, 3.63) is 113 Å². The molecule has 0 saturated heterocycles. The number of aliphatic carboxylic acids is 1. The van der Waals surface area contributed by atoms with E-state index in [1.54, 1.807) is 30.3 Å². The first-order valence-electron chi connectivity index (χ1n) is 17.6. The van der Waals surface area contributed by atoms with Crippen molar-refractivity contribution in [2.75, 3.05) is 32.7 Å². The van der Waals surface area contributed by atoms with E-state index in [1.807, 2.05) is 0 Å². The van der Waals surface area contributed by atoms with Gasteiger partial charge in [0, 0.05) is 17.8 Å². The Kier molecular flexibility index (Phi) is 15.1. The molecular weight excluding hydrogens is 721 g/mol. The van der Waals surface area contributed by atoms with Crippen molar-refractivity contribution >= 4 is 29.4 Å². The molecule has 0 atom stereocenters. The van der Waals surface area contributed by atoms with Gasteiger partial charge >= 0.3 is 18.1 Å². The van der Waals surface area contributed by atoms with E-state index in [0.717, 1.165) is 23.8 Å². The quantitative estimate of drug-likeness (QED) is 0.0549. The second-order valence-corrected chi connectivity index (χ2v) is 12.5. The number of unbranched alkanes of at least 4 members (excludes halogenated alkanes) is 4. The lowest BCUT2D eigenvalue weighted by Gasteiger charge is -2.22. The zero-order chi connectivity index (χ0) is 40.0. The number of benzene rings is 4. The van der Waals surface area contributed by atoms with Crippen LogP contribution >= 0.6 is 0 Å². The van der Waals surface area contributed by atoms with Gasteiger partial charge in [0.2, 0.25) is 5.91 Å². The number of nitrogens with zero attached hydrogens (tertiary/aromatic N) is 1. The molecule has 4 aromatic carbocycles. The van der Waals surface area contributed by atoms with E-state index in [9.17, 15) is 37.5 Å². The van der Waals surface area contributed by atoms with E-state index < -0.39 is 48.5 Å². The van der Waals surface area contributed by atoms with E-state index >= 15 is 0 Å². The van der Waals surface area contributed by atoms with Crippen LogP contribution in [0.15, 0.2) is 84.9 Å². The monoisotopic (exact) mass is 764 g/mol. The maximum Gasteiger partial charge on any atom is 0.416 e. The van der Waals surface area contributed by atoms with E-state index in [-0.39, 0.29) is 46.2 Å². The van der Waals surface area contributed by atoms with E-state index in [4.69, 9.17) is 18.9 Å². The van der Waals surface area contributed by atoms with Crippen LogP contribution < -0.4 is 24.3 Å². The number of carbonyl (C=O) groups excluding carboxylic acids is 3. The molecule has 292 valence electrons. The Morgan fingerprint density at radius 2 is 1.44 bits per heavy atom. The highest BCUT2D eigenvalue weighted by Gasteiger charge is 2.34. The summed E-state index contributed by atoms with van der Waals surface area (Å²) < 4.78 is 62.4. The van der Waals surface area contributed by atoms with Crippen LogP contribution in [0.5, 0.6) is 23.0 Å². The van der Waals surface area contributed by atoms with Gasteiger partial charge in [-0.25, -0.2) is 4.79 Å². The maximum atomic E-state index is 13.6. The second kappa shape index (κ2) is 19.9. The van der Waals surface area contributed by atoms with Gasteiger partial charge in [-0.1, -0.05) is 44.7 Å². The first kappa shape index (κ1) is 41.7. The van der Waals surface area contributed by atoms with Crippen molar-refractivity contribution in [1.29, 1.82) is 0 Å². The number of nitrogens with one attached hydrogen (secondary N) is 1. The minimum atomic E-state index is -4.70. The number of amides is 2. The number of halogens is 3. The molecule has 11 nitrogen and oxygen atoms in total.